The maximum Gasteiger partial charge on any atom is 0.132 e. The Balaban J connectivity index is 0.928. The maximum atomic E-state index is 5.24. The first-order chi connectivity index (χ1) is 36.0. The number of aryl methyl sites for hydroxylation is 2. The van der Waals surface area contributed by atoms with Gasteiger partial charge in [-0.2, -0.15) is 17.5 Å². The maximum absolute atomic E-state index is 5.24. The zero-order chi connectivity index (χ0) is 49.7. The molecule has 0 radical (unpaired) electrons. The number of hydrogen-bond donors (Lipinski definition) is 0. The number of thiophene rings is 6. The van der Waals surface area contributed by atoms with Gasteiger partial charge >= 0.3 is 0 Å². The van der Waals surface area contributed by atoms with Crippen LogP contribution in [0.5, 0.6) is 0 Å². The third-order valence-corrected chi connectivity index (χ3v) is 23.2. The number of aromatic nitrogens is 6. The second-order valence-electron chi connectivity index (χ2n) is 19.9. The zero-order valence-corrected chi connectivity index (χ0v) is 49.1. The van der Waals surface area contributed by atoms with E-state index in [9.17, 15) is 0 Å². The van der Waals surface area contributed by atoms with Crippen LogP contribution < -0.4 is 0 Å². The predicted octanol–water partition coefficient (Wildman–Crippen LogP) is 21.3. The predicted molar refractivity (Wildman–Crippen MR) is 323 cm³/mol. The number of pyridine rings is 2. The van der Waals surface area contributed by atoms with Crippen LogP contribution in [0.25, 0.3) is 93.4 Å². The molecule has 378 valence electrons. The Kier molecular flexibility index (Phi) is 16.6. The summed E-state index contributed by atoms with van der Waals surface area (Å²) in [6.45, 7) is 9.20. The molecule has 0 saturated carbocycles. The summed E-state index contributed by atoms with van der Waals surface area (Å²) >= 11 is 14.0. The fourth-order valence-corrected chi connectivity index (χ4v) is 18.9. The van der Waals surface area contributed by atoms with E-state index in [-0.39, 0.29) is 5.41 Å². The Bertz CT molecular complexity index is 3200. The number of hydrogen-bond acceptors (Lipinski definition) is 14. The minimum absolute atomic E-state index is 0.0651. The SMILES string of the molecule is CCCCCCc1ccc(-c2ccc(-c3ncc(-c4cc5c(s4)-c4sc(-c6cnc(-c7ccc(-c8ccc(CCCCCC)s8)s7)c7nsnc67)cc4C5(CCCCCC)CCCCCC)c4nsnc34)s2)s1. The van der Waals surface area contributed by atoms with Gasteiger partial charge in [0, 0.05) is 77.7 Å². The molecular weight excluding hydrogens is 1050 g/mol. The minimum Gasteiger partial charge on any atom is -0.252 e. The summed E-state index contributed by atoms with van der Waals surface area (Å²) in [6, 6.07) is 23.3. The molecule has 14 heteroatoms. The van der Waals surface area contributed by atoms with E-state index in [0.717, 1.165) is 67.2 Å². The van der Waals surface area contributed by atoms with Crippen molar-refractivity contribution in [2.45, 2.75) is 162 Å². The van der Waals surface area contributed by atoms with Crippen molar-refractivity contribution in [2.75, 3.05) is 0 Å². The van der Waals surface area contributed by atoms with E-state index in [0.29, 0.717) is 0 Å². The fraction of sp³-hybridized carbons (Fsp3) is 0.424. The highest BCUT2D eigenvalue weighted by atomic mass is 32.1. The Hall–Kier alpha value is -3.86. The first kappa shape index (κ1) is 51.3. The molecule has 0 aromatic carbocycles. The quantitative estimate of drug-likeness (QED) is 0.0503. The average Bonchev–Trinajstić information content (AvgIpc) is 4.26. The molecular formula is C59H64N6S8. The molecule has 0 atom stereocenters. The van der Waals surface area contributed by atoms with E-state index in [1.54, 1.807) is 0 Å². The summed E-state index contributed by atoms with van der Waals surface area (Å²) in [6.07, 6.45) is 29.1. The molecule has 1 aliphatic rings. The third-order valence-electron chi connectivity index (χ3n) is 14.8. The lowest BCUT2D eigenvalue weighted by atomic mass is 9.71. The Morgan fingerprint density at radius 1 is 0.370 bits per heavy atom. The Morgan fingerprint density at radius 2 is 0.753 bits per heavy atom. The lowest BCUT2D eigenvalue weighted by molar-refractivity contribution is 0.402. The van der Waals surface area contributed by atoms with Crippen molar-refractivity contribution in [1.82, 2.24) is 27.5 Å². The second-order valence-corrected chi connectivity index (χ2v) is 27.5. The zero-order valence-electron chi connectivity index (χ0n) is 42.5. The molecule has 6 nitrogen and oxygen atoms in total. The van der Waals surface area contributed by atoms with E-state index >= 15 is 0 Å². The molecule has 0 bridgehead atoms. The standard InChI is InChI=1S/C59H64N6S8/c1-5-9-13-17-21-37-23-25-43(66-37)45-27-29-47(68-45)53-55-51(62-72-64-55)39(35-60-53)49-33-41-57(70-49)58-42(59(41,31-19-15-11-7-3)32-20-16-12-8-4)34-50(71-58)40-36-61-54(56-52(40)63-73-65-56)48-30-28-46(69-48)44-26-24-38(67-44)22-18-14-10-6-2/h23-30,33-36H,5-22,31-32H2,1-4H3. The number of unbranched alkanes of at least 4 members (excludes halogenated alkanes) is 12. The molecule has 0 saturated heterocycles. The van der Waals surface area contributed by atoms with Gasteiger partial charge in [-0.1, -0.05) is 118 Å². The highest BCUT2D eigenvalue weighted by Crippen LogP contribution is 2.62. The van der Waals surface area contributed by atoms with E-state index in [2.05, 4.69) is 101 Å². The molecule has 0 unspecified atom stereocenters. The van der Waals surface area contributed by atoms with Crippen LogP contribution in [0.15, 0.2) is 73.1 Å². The van der Waals surface area contributed by atoms with Crippen LogP contribution in [0, 0.1) is 0 Å². The highest BCUT2D eigenvalue weighted by molar-refractivity contribution is 7.26. The lowest BCUT2D eigenvalue weighted by Crippen LogP contribution is -2.25. The Morgan fingerprint density at radius 3 is 1.19 bits per heavy atom. The third kappa shape index (κ3) is 10.5. The number of nitrogens with zero attached hydrogens (tertiary/aromatic N) is 6. The van der Waals surface area contributed by atoms with Crippen LogP contribution in [0.2, 0.25) is 0 Å². The van der Waals surface area contributed by atoms with Gasteiger partial charge in [0.1, 0.15) is 33.5 Å². The van der Waals surface area contributed by atoms with Gasteiger partial charge in [-0.25, -0.2) is 0 Å². The lowest BCUT2D eigenvalue weighted by Gasteiger charge is -2.31. The van der Waals surface area contributed by atoms with Crippen molar-refractivity contribution in [3.63, 3.8) is 0 Å². The number of fused-ring (bicyclic) bond motifs is 5. The van der Waals surface area contributed by atoms with E-state index in [4.69, 9.17) is 27.5 Å². The molecule has 10 aromatic rings. The van der Waals surface area contributed by atoms with Crippen molar-refractivity contribution in [3.05, 3.63) is 93.9 Å². The highest BCUT2D eigenvalue weighted by Gasteiger charge is 2.46. The van der Waals surface area contributed by atoms with E-state index in [1.165, 1.54) is 199 Å². The topological polar surface area (TPSA) is 77.3 Å². The van der Waals surface area contributed by atoms with E-state index in [1.807, 2.05) is 68.0 Å². The van der Waals surface area contributed by atoms with Crippen molar-refractivity contribution in [1.29, 1.82) is 0 Å². The summed E-state index contributed by atoms with van der Waals surface area (Å²) in [7, 11) is 0. The average molecular weight is 1110 g/mol. The molecule has 10 aromatic heterocycles. The van der Waals surface area contributed by atoms with Crippen LogP contribution in [0.3, 0.4) is 0 Å². The largest absolute Gasteiger partial charge is 0.252 e. The monoisotopic (exact) mass is 1110 g/mol. The molecule has 0 N–H and O–H groups in total. The summed E-state index contributed by atoms with van der Waals surface area (Å²) in [5, 5.41) is 0. The molecule has 11 rings (SSSR count). The Labute approximate surface area is 463 Å². The van der Waals surface area contributed by atoms with Crippen molar-refractivity contribution >= 4 is 114 Å². The van der Waals surface area contributed by atoms with Crippen molar-refractivity contribution < 1.29 is 0 Å². The normalized spacial score (nSPS) is 13.0. The van der Waals surface area contributed by atoms with Crippen LogP contribution in [-0.2, 0) is 18.3 Å². The first-order valence-electron chi connectivity index (χ1n) is 26.9. The van der Waals surface area contributed by atoms with Gasteiger partial charge in [-0.15, -0.1) is 68.0 Å². The molecule has 0 amide bonds. The van der Waals surface area contributed by atoms with E-state index < -0.39 is 0 Å². The molecule has 10 heterocycles. The van der Waals surface area contributed by atoms with Crippen LogP contribution in [0.4, 0.5) is 0 Å². The van der Waals surface area contributed by atoms with Gasteiger partial charge in [0.25, 0.3) is 0 Å². The smallest absolute Gasteiger partial charge is 0.132 e. The van der Waals surface area contributed by atoms with Gasteiger partial charge in [0.15, 0.2) is 0 Å². The fourth-order valence-electron chi connectivity index (χ4n) is 10.8. The van der Waals surface area contributed by atoms with Gasteiger partial charge in [-0.3, -0.25) is 9.97 Å². The molecule has 0 aliphatic heterocycles. The molecule has 73 heavy (non-hydrogen) atoms. The van der Waals surface area contributed by atoms with Crippen LogP contribution in [-0.4, -0.2) is 27.5 Å². The van der Waals surface area contributed by atoms with Crippen LogP contribution in [0.1, 0.15) is 164 Å². The summed E-state index contributed by atoms with van der Waals surface area (Å²) in [5.74, 6) is 0. The second kappa shape index (κ2) is 23.6. The van der Waals surface area contributed by atoms with Gasteiger partial charge in [0.2, 0.25) is 0 Å². The minimum atomic E-state index is -0.0651. The van der Waals surface area contributed by atoms with Crippen molar-refractivity contribution in [2.24, 2.45) is 0 Å². The summed E-state index contributed by atoms with van der Waals surface area (Å²) in [5.41, 5.74) is 10.7. The van der Waals surface area contributed by atoms with Gasteiger partial charge in [0.05, 0.1) is 33.2 Å². The van der Waals surface area contributed by atoms with Crippen molar-refractivity contribution in [3.8, 4) is 71.3 Å². The van der Waals surface area contributed by atoms with Gasteiger partial charge < -0.3 is 0 Å². The molecule has 0 spiro atoms. The van der Waals surface area contributed by atoms with Gasteiger partial charge in [-0.05, 0) is 110 Å². The number of rotatable bonds is 26. The molecule has 1 aliphatic carbocycles. The first-order valence-corrected chi connectivity index (χ1v) is 33.3. The summed E-state index contributed by atoms with van der Waals surface area (Å²) in [4.78, 5) is 26.3. The summed E-state index contributed by atoms with van der Waals surface area (Å²) < 4.78 is 19.9. The van der Waals surface area contributed by atoms with Crippen LogP contribution >= 0.6 is 91.5 Å². The molecule has 0 fully saturated rings.